The van der Waals surface area contributed by atoms with Crippen molar-refractivity contribution in [3.05, 3.63) is 53.2 Å². The highest BCUT2D eigenvalue weighted by molar-refractivity contribution is 7.16. The highest BCUT2D eigenvalue weighted by Crippen LogP contribution is 2.32. The Labute approximate surface area is 180 Å². The Kier molecular flexibility index (Phi) is 5.99. The zero-order valence-electron chi connectivity index (χ0n) is 16.0. The Morgan fingerprint density at radius 2 is 2.17 bits per heavy atom. The summed E-state index contributed by atoms with van der Waals surface area (Å²) in [6.07, 6.45) is 4.50. The van der Waals surface area contributed by atoms with Crippen LogP contribution in [0.15, 0.2) is 42.0 Å². The first-order valence-corrected chi connectivity index (χ1v) is 10.7. The molecule has 1 saturated heterocycles. The molecule has 29 heavy (non-hydrogen) atoms. The van der Waals surface area contributed by atoms with Gasteiger partial charge in [-0.1, -0.05) is 24.3 Å². The third-order valence-corrected chi connectivity index (χ3v) is 6.58. The van der Waals surface area contributed by atoms with Crippen molar-refractivity contribution >= 4 is 45.7 Å². The van der Waals surface area contributed by atoms with E-state index < -0.39 is 0 Å². The molecule has 152 valence electrons. The number of aromatic nitrogens is 2. The number of nitrogens with zero attached hydrogens (tertiary/aromatic N) is 3. The van der Waals surface area contributed by atoms with Crippen LogP contribution in [0.2, 0.25) is 0 Å². The van der Waals surface area contributed by atoms with E-state index in [0.29, 0.717) is 6.54 Å². The van der Waals surface area contributed by atoms with Crippen LogP contribution in [0.4, 0.5) is 5.82 Å². The maximum Gasteiger partial charge on any atom is 0.242 e. The van der Waals surface area contributed by atoms with Gasteiger partial charge in [-0.3, -0.25) is 4.79 Å². The minimum absolute atomic E-state index is 0. The van der Waals surface area contributed by atoms with Crippen molar-refractivity contribution in [3.8, 4) is 0 Å². The van der Waals surface area contributed by atoms with Gasteiger partial charge in [0.2, 0.25) is 5.91 Å². The molecule has 2 aromatic heterocycles. The first-order chi connectivity index (χ1) is 13.8. The molecule has 8 heteroatoms. The Bertz CT molecular complexity index is 1010. The van der Waals surface area contributed by atoms with Gasteiger partial charge in [-0.25, -0.2) is 9.97 Å². The van der Waals surface area contributed by atoms with E-state index >= 15 is 0 Å². The predicted octanol–water partition coefficient (Wildman–Crippen LogP) is 3.09. The van der Waals surface area contributed by atoms with E-state index in [1.807, 2.05) is 11.4 Å². The highest BCUT2D eigenvalue weighted by Gasteiger charge is 2.33. The van der Waals surface area contributed by atoms with Gasteiger partial charge in [-0.2, -0.15) is 0 Å². The molecule has 0 radical (unpaired) electrons. The largest absolute Gasteiger partial charge is 0.352 e. The van der Waals surface area contributed by atoms with Crippen molar-refractivity contribution in [1.29, 1.82) is 0 Å². The molecule has 5 rings (SSSR count). The molecule has 2 unspecified atom stereocenters. The molecule has 6 nitrogen and oxygen atoms in total. The molecular weight excluding hydrogens is 406 g/mol. The second-order valence-corrected chi connectivity index (χ2v) is 8.28. The number of halogens is 1. The lowest BCUT2D eigenvalue weighted by Gasteiger charge is -2.29. The molecule has 0 aliphatic carbocycles. The first kappa shape index (κ1) is 20.1. The van der Waals surface area contributed by atoms with E-state index in [4.69, 9.17) is 0 Å². The van der Waals surface area contributed by atoms with Crippen molar-refractivity contribution in [1.82, 2.24) is 20.6 Å². The summed E-state index contributed by atoms with van der Waals surface area (Å²) in [7, 11) is 0. The van der Waals surface area contributed by atoms with E-state index in [1.165, 1.54) is 11.1 Å². The Hall–Kier alpha value is -2.22. The number of hydrogen-bond donors (Lipinski definition) is 2. The summed E-state index contributed by atoms with van der Waals surface area (Å²) in [4.78, 5) is 25.0. The summed E-state index contributed by atoms with van der Waals surface area (Å²) in [5.74, 6) is 0.967. The van der Waals surface area contributed by atoms with Crippen LogP contribution in [0.3, 0.4) is 0 Å². The number of amides is 1. The third kappa shape index (κ3) is 3.82. The molecule has 4 heterocycles. The zero-order chi connectivity index (χ0) is 18.9. The summed E-state index contributed by atoms with van der Waals surface area (Å²) in [6.45, 7) is 2.41. The molecule has 0 spiro atoms. The van der Waals surface area contributed by atoms with Gasteiger partial charge >= 0.3 is 0 Å². The lowest BCUT2D eigenvalue weighted by Crippen LogP contribution is -2.47. The number of rotatable bonds is 4. The van der Waals surface area contributed by atoms with E-state index in [0.717, 1.165) is 48.4 Å². The average molecular weight is 430 g/mol. The summed E-state index contributed by atoms with van der Waals surface area (Å²) in [6, 6.07) is 10.6. The van der Waals surface area contributed by atoms with Crippen LogP contribution in [-0.2, 0) is 11.2 Å². The van der Waals surface area contributed by atoms with Crippen molar-refractivity contribution in [2.75, 3.05) is 24.5 Å². The molecule has 1 amide bonds. The molecular formula is C21H24ClN5OS. The summed E-state index contributed by atoms with van der Waals surface area (Å²) < 4.78 is 0. The smallest absolute Gasteiger partial charge is 0.242 e. The highest BCUT2D eigenvalue weighted by atomic mass is 35.5. The van der Waals surface area contributed by atoms with E-state index in [1.54, 1.807) is 17.7 Å². The molecule has 0 saturated carbocycles. The van der Waals surface area contributed by atoms with Crippen molar-refractivity contribution in [3.63, 3.8) is 0 Å². The van der Waals surface area contributed by atoms with Gasteiger partial charge in [0.25, 0.3) is 0 Å². The first-order valence-electron chi connectivity index (χ1n) is 9.85. The molecule has 3 aromatic rings. The summed E-state index contributed by atoms with van der Waals surface area (Å²) in [5, 5.41) is 9.80. The number of carbonyl (C=O) groups excluding carboxylic acids is 1. The SMILES string of the molecule is Cl.O=C(NCC1NCCc2ccccc21)C1CCCN1c1ncnc2sccc12. The van der Waals surface area contributed by atoms with Gasteiger partial charge < -0.3 is 15.5 Å². The van der Waals surface area contributed by atoms with Crippen LogP contribution in [0.25, 0.3) is 10.2 Å². The fourth-order valence-corrected chi connectivity index (χ4v) is 5.12. The van der Waals surface area contributed by atoms with Gasteiger partial charge in [-0.15, -0.1) is 23.7 Å². The molecule has 2 N–H and O–H groups in total. The Morgan fingerprint density at radius 1 is 1.28 bits per heavy atom. The molecule has 1 aromatic carbocycles. The molecule has 1 fully saturated rings. The number of hydrogen-bond acceptors (Lipinski definition) is 6. The van der Waals surface area contributed by atoms with Crippen LogP contribution >= 0.6 is 23.7 Å². The van der Waals surface area contributed by atoms with Gasteiger partial charge in [0, 0.05) is 19.1 Å². The molecule has 0 bridgehead atoms. The minimum Gasteiger partial charge on any atom is -0.352 e. The van der Waals surface area contributed by atoms with Gasteiger partial charge in [0.15, 0.2) is 0 Å². The van der Waals surface area contributed by atoms with Crippen molar-refractivity contribution < 1.29 is 4.79 Å². The van der Waals surface area contributed by atoms with Gasteiger partial charge in [-0.05, 0) is 48.4 Å². The maximum atomic E-state index is 13.0. The van der Waals surface area contributed by atoms with Crippen LogP contribution < -0.4 is 15.5 Å². The topological polar surface area (TPSA) is 70.2 Å². The number of thiophene rings is 1. The lowest BCUT2D eigenvalue weighted by molar-refractivity contribution is -0.122. The normalized spacial score (nSPS) is 20.9. The van der Waals surface area contributed by atoms with E-state index in [-0.39, 0.29) is 30.4 Å². The maximum absolute atomic E-state index is 13.0. The Morgan fingerprint density at radius 3 is 3.10 bits per heavy atom. The number of carbonyl (C=O) groups is 1. The molecule has 2 atom stereocenters. The number of benzene rings is 1. The van der Waals surface area contributed by atoms with Gasteiger partial charge in [0.1, 0.15) is 23.0 Å². The standard InChI is InChI=1S/C21H23N5OS.ClH/c27-20(23-12-17-15-5-2-1-4-14(15)7-9-22-17)18-6-3-10-26(18)19-16-8-11-28-21(16)25-13-24-19;/h1-2,4-5,8,11,13,17-18,22H,3,6-7,9-10,12H2,(H,23,27);1H. The molecule has 2 aliphatic rings. The summed E-state index contributed by atoms with van der Waals surface area (Å²) in [5.41, 5.74) is 2.68. The predicted molar refractivity (Wildman–Crippen MR) is 119 cm³/mol. The number of fused-ring (bicyclic) bond motifs is 2. The quantitative estimate of drug-likeness (QED) is 0.667. The molecule has 2 aliphatic heterocycles. The van der Waals surface area contributed by atoms with Crippen LogP contribution in [0, 0.1) is 0 Å². The summed E-state index contributed by atoms with van der Waals surface area (Å²) >= 11 is 1.61. The van der Waals surface area contributed by atoms with Crippen LogP contribution in [0.5, 0.6) is 0 Å². The van der Waals surface area contributed by atoms with Crippen LogP contribution in [-0.4, -0.2) is 41.6 Å². The second-order valence-electron chi connectivity index (χ2n) is 7.39. The number of anilines is 1. The van der Waals surface area contributed by atoms with E-state index in [2.05, 4.69) is 49.8 Å². The zero-order valence-corrected chi connectivity index (χ0v) is 17.6. The van der Waals surface area contributed by atoms with Crippen molar-refractivity contribution in [2.24, 2.45) is 0 Å². The number of nitrogens with one attached hydrogen (secondary N) is 2. The second kappa shape index (κ2) is 8.65. The van der Waals surface area contributed by atoms with Gasteiger partial charge in [0.05, 0.1) is 5.39 Å². The third-order valence-electron chi connectivity index (χ3n) is 5.76. The Balaban J connectivity index is 0.00000205. The van der Waals surface area contributed by atoms with Crippen LogP contribution in [0.1, 0.15) is 30.0 Å². The van der Waals surface area contributed by atoms with E-state index in [9.17, 15) is 4.79 Å². The fourth-order valence-electron chi connectivity index (χ4n) is 4.39. The lowest BCUT2D eigenvalue weighted by atomic mass is 9.94. The minimum atomic E-state index is -0.170. The average Bonchev–Trinajstić information content (AvgIpc) is 3.41. The monoisotopic (exact) mass is 429 g/mol. The van der Waals surface area contributed by atoms with Crippen molar-refractivity contribution in [2.45, 2.75) is 31.3 Å². The fraction of sp³-hybridized carbons (Fsp3) is 0.381.